The molecule has 1 aliphatic carbocycles. The molecule has 4 heteroatoms. The first-order valence-electron chi connectivity index (χ1n) is 7.81. The molecule has 0 aromatic carbocycles. The third-order valence-corrected chi connectivity index (χ3v) is 4.72. The molecule has 2 atom stereocenters. The molecule has 2 fully saturated rings. The maximum atomic E-state index is 13.0. The SMILES string of the molecule is C=CCC(C)N1C(=O)C2(CCCCC2)NC(=O)C1CC. The predicted molar refractivity (Wildman–Crippen MR) is 79.2 cm³/mol. The van der Waals surface area contributed by atoms with Crippen molar-refractivity contribution in [2.45, 2.75) is 76.4 Å². The van der Waals surface area contributed by atoms with Gasteiger partial charge in [-0.2, -0.15) is 0 Å². The molecule has 1 saturated heterocycles. The van der Waals surface area contributed by atoms with E-state index in [2.05, 4.69) is 11.9 Å². The molecule has 1 heterocycles. The molecular weight excluding hydrogens is 252 g/mol. The summed E-state index contributed by atoms with van der Waals surface area (Å²) in [5.41, 5.74) is -0.629. The number of nitrogens with one attached hydrogen (secondary N) is 1. The second kappa shape index (κ2) is 5.98. The van der Waals surface area contributed by atoms with Gasteiger partial charge in [-0.3, -0.25) is 9.59 Å². The van der Waals surface area contributed by atoms with E-state index in [1.54, 1.807) is 0 Å². The van der Waals surface area contributed by atoms with Crippen LogP contribution in [0.4, 0.5) is 0 Å². The summed E-state index contributed by atoms with van der Waals surface area (Å²) in [4.78, 5) is 27.3. The standard InChI is InChI=1S/C16H26N2O2/c1-4-9-12(3)18-13(5-2)14(19)17-16(15(18)20)10-7-6-8-11-16/h4,12-13H,1,5-11H2,2-3H3,(H,17,19). The minimum atomic E-state index is -0.629. The molecule has 0 aromatic rings. The molecule has 4 nitrogen and oxygen atoms in total. The molecule has 20 heavy (non-hydrogen) atoms. The summed E-state index contributed by atoms with van der Waals surface area (Å²) in [5, 5.41) is 3.05. The van der Waals surface area contributed by atoms with E-state index < -0.39 is 5.54 Å². The van der Waals surface area contributed by atoms with Crippen LogP contribution in [-0.4, -0.2) is 34.3 Å². The van der Waals surface area contributed by atoms with E-state index in [-0.39, 0.29) is 23.9 Å². The lowest BCUT2D eigenvalue weighted by atomic mass is 9.78. The summed E-state index contributed by atoms with van der Waals surface area (Å²) < 4.78 is 0. The molecule has 1 aliphatic heterocycles. The van der Waals surface area contributed by atoms with Crippen molar-refractivity contribution in [1.29, 1.82) is 0 Å². The molecule has 0 aromatic heterocycles. The highest BCUT2D eigenvalue weighted by atomic mass is 16.2. The number of carbonyl (C=O) groups excluding carboxylic acids is 2. The average Bonchev–Trinajstić information content (AvgIpc) is 2.43. The van der Waals surface area contributed by atoms with Gasteiger partial charge < -0.3 is 10.2 Å². The van der Waals surface area contributed by atoms with E-state index in [4.69, 9.17) is 0 Å². The van der Waals surface area contributed by atoms with Crippen molar-refractivity contribution in [3.63, 3.8) is 0 Å². The van der Waals surface area contributed by atoms with E-state index in [0.29, 0.717) is 6.42 Å². The van der Waals surface area contributed by atoms with E-state index in [1.165, 1.54) is 0 Å². The summed E-state index contributed by atoms with van der Waals surface area (Å²) in [5.74, 6) is 0.142. The fraction of sp³-hybridized carbons (Fsp3) is 0.750. The summed E-state index contributed by atoms with van der Waals surface area (Å²) in [6.07, 6.45) is 7.98. The van der Waals surface area contributed by atoms with Crippen LogP contribution in [-0.2, 0) is 9.59 Å². The number of hydrogen-bond acceptors (Lipinski definition) is 2. The Morgan fingerprint density at radius 1 is 1.40 bits per heavy atom. The van der Waals surface area contributed by atoms with Crippen LogP contribution >= 0.6 is 0 Å². The van der Waals surface area contributed by atoms with Crippen LogP contribution in [0.2, 0.25) is 0 Å². The lowest BCUT2D eigenvalue weighted by molar-refractivity contribution is -0.159. The van der Waals surface area contributed by atoms with Gasteiger partial charge in [0.25, 0.3) is 0 Å². The van der Waals surface area contributed by atoms with Gasteiger partial charge in [0.05, 0.1) is 0 Å². The first kappa shape index (κ1) is 15.1. The first-order valence-corrected chi connectivity index (χ1v) is 7.81. The van der Waals surface area contributed by atoms with Crippen molar-refractivity contribution in [2.24, 2.45) is 0 Å². The van der Waals surface area contributed by atoms with Gasteiger partial charge in [-0.25, -0.2) is 0 Å². The minimum Gasteiger partial charge on any atom is -0.340 e. The number of nitrogens with zero attached hydrogens (tertiary/aromatic N) is 1. The monoisotopic (exact) mass is 278 g/mol. The molecule has 2 unspecified atom stereocenters. The quantitative estimate of drug-likeness (QED) is 0.803. The van der Waals surface area contributed by atoms with Crippen molar-refractivity contribution in [1.82, 2.24) is 10.2 Å². The predicted octanol–water partition coefficient (Wildman–Crippen LogP) is 2.39. The van der Waals surface area contributed by atoms with E-state index in [9.17, 15) is 9.59 Å². The Balaban J connectivity index is 2.30. The highest BCUT2D eigenvalue weighted by molar-refractivity contribution is 6.00. The van der Waals surface area contributed by atoms with Crippen molar-refractivity contribution in [2.75, 3.05) is 0 Å². The fourth-order valence-electron chi connectivity index (χ4n) is 3.63. The Labute approximate surface area is 121 Å². The van der Waals surface area contributed by atoms with Gasteiger partial charge in [0, 0.05) is 6.04 Å². The first-order chi connectivity index (χ1) is 9.55. The van der Waals surface area contributed by atoms with Gasteiger partial charge >= 0.3 is 0 Å². The number of piperazine rings is 1. The molecule has 1 saturated carbocycles. The van der Waals surface area contributed by atoms with Gasteiger partial charge in [-0.1, -0.05) is 32.3 Å². The maximum Gasteiger partial charge on any atom is 0.249 e. The topological polar surface area (TPSA) is 49.4 Å². The van der Waals surface area contributed by atoms with Gasteiger partial charge in [0.2, 0.25) is 11.8 Å². The van der Waals surface area contributed by atoms with Crippen LogP contribution in [0.25, 0.3) is 0 Å². The van der Waals surface area contributed by atoms with Gasteiger partial charge in [-0.15, -0.1) is 6.58 Å². The molecule has 0 bridgehead atoms. The van der Waals surface area contributed by atoms with E-state index >= 15 is 0 Å². The lowest BCUT2D eigenvalue weighted by Gasteiger charge is -2.49. The zero-order chi connectivity index (χ0) is 14.8. The molecule has 112 valence electrons. The molecular formula is C16H26N2O2. The molecule has 2 rings (SSSR count). The van der Waals surface area contributed by atoms with Crippen molar-refractivity contribution < 1.29 is 9.59 Å². The third kappa shape index (κ3) is 2.48. The van der Waals surface area contributed by atoms with Gasteiger partial charge in [0.1, 0.15) is 11.6 Å². The number of rotatable bonds is 4. The van der Waals surface area contributed by atoms with Crippen molar-refractivity contribution >= 4 is 11.8 Å². The van der Waals surface area contributed by atoms with Crippen molar-refractivity contribution in [3.8, 4) is 0 Å². The zero-order valence-corrected chi connectivity index (χ0v) is 12.7. The summed E-state index contributed by atoms with van der Waals surface area (Å²) in [7, 11) is 0. The van der Waals surface area contributed by atoms with E-state index in [0.717, 1.165) is 38.5 Å². The van der Waals surface area contributed by atoms with Gasteiger partial charge in [0.15, 0.2) is 0 Å². The second-order valence-corrected chi connectivity index (χ2v) is 6.14. The molecule has 0 radical (unpaired) electrons. The Morgan fingerprint density at radius 2 is 2.05 bits per heavy atom. The summed E-state index contributed by atoms with van der Waals surface area (Å²) in [6, 6.07) is -0.292. The van der Waals surface area contributed by atoms with Crippen LogP contribution in [0.3, 0.4) is 0 Å². The van der Waals surface area contributed by atoms with Crippen LogP contribution in [0.1, 0.15) is 58.8 Å². The number of carbonyl (C=O) groups is 2. The molecule has 2 amide bonds. The Kier molecular flexibility index (Phi) is 4.51. The summed E-state index contributed by atoms with van der Waals surface area (Å²) in [6.45, 7) is 7.73. The molecule has 1 N–H and O–H groups in total. The Hall–Kier alpha value is -1.32. The largest absolute Gasteiger partial charge is 0.340 e. The highest BCUT2D eigenvalue weighted by Gasteiger charge is 2.51. The average molecular weight is 278 g/mol. The second-order valence-electron chi connectivity index (χ2n) is 6.14. The highest BCUT2D eigenvalue weighted by Crippen LogP contribution is 2.35. The summed E-state index contributed by atoms with van der Waals surface area (Å²) >= 11 is 0. The molecule has 2 aliphatic rings. The van der Waals surface area contributed by atoms with Crippen LogP contribution < -0.4 is 5.32 Å². The lowest BCUT2D eigenvalue weighted by Crippen LogP contribution is -2.72. The Morgan fingerprint density at radius 3 is 2.60 bits per heavy atom. The third-order valence-electron chi connectivity index (χ3n) is 4.72. The normalized spacial score (nSPS) is 27.3. The minimum absolute atomic E-state index is 0.0184. The zero-order valence-electron chi connectivity index (χ0n) is 12.7. The van der Waals surface area contributed by atoms with Crippen LogP contribution in [0.15, 0.2) is 12.7 Å². The van der Waals surface area contributed by atoms with Crippen molar-refractivity contribution in [3.05, 3.63) is 12.7 Å². The molecule has 1 spiro atoms. The van der Waals surface area contributed by atoms with E-state index in [1.807, 2.05) is 24.8 Å². The fourth-order valence-corrected chi connectivity index (χ4v) is 3.63. The number of amides is 2. The number of hydrogen-bond donors (Lipinski definition) is 1. The van der Waals surface area contributed by atoms with Gasteiger partial charge in [-0.05, 0) is 32.6 Å². The van der Waals surface area contributed by atoms with Crippen LogP contribution in [0.5, 0.6) is 0 Å². The maximum absolute atomic E-state index is 13.0. The Bertz CT molecular complexity index is 399. The van der Waals surface area contributed by atoms with Crippen LogP contribution in [0, 0.1) is 0 Å². The smallest absolute Gasteiger partial charge is 0.249 e.